The molecule has 1 unspecified atom stereocenters. The predicted octanol–water partition coefficient (Wildman–Crippen LogP) is 2.19. The van der Waals surface area contributed by atoms with Crippen LogP contribution in [0.25, 0.3) is 0 Å². The first-order chi connectivity index (χ1) is 12.3. The number of hydrogen-bond acceptors (Lipinski definition) is 4. The predicted molar refractivity (Wildman–Crippen MR) is 99.8 cm³/mol. The number of aromatic nitrogens is 3. The van der Waals surface area contributed by atoms with Crippen molar-refractivity contribution in [1.82, 2.24) is 24.6 Å². The Balaban J connectivity index is 1.37. The van der Waals surface area contributed by atoms with Gasteiger partial charge in [-0.25, -0.2) is 0 Å². The summed E-state index contributed by atoms with van der Waals surface area (Å²) in [6.45, 7) is 10.1. The van der Waals surface area contributed by atoms with Crippen molar-refractivity contribution < 1.29 is 0 Å². The highest BCUT2D eigenvalue weighted by Crippen LogP contribution is 2.27. The van der Waals surface area contributed by atoms with E-state index in [0.717, 1.165) is 52.1 Å². The fourth-order valence-corrected chi connectivity index (χ4v) is 4.18. The van der Waals surface area contributed by atoms with Crippen molar-refractivity contribution in [2.75, 3.05) is 39.3 Å². The maximum atomic E-state index is 4.58. The fraction of sp³-hybridized carbons (Fsp3) is 0.600. The van der Waals surface area contributed by atoms with E-state index < -0.39 is 0 Å². The van der Waals surface area contributed by atoms with Gasteiger partial charge < -0.3 is 14.4 Å². The van der Waals surface area contributed by atoms with Crippen LogP contribution in [-0.2, 0) is 19.4 Å². The molecule has 1 atom stereocenters. The average Bonchev–Trinajstić information content (AvgIpc) is 3.24. The molecule has 2 aromatic rings. The maximum Gasteiger partial charge on any atom is 0.137 e. The van der Waals surface area contributed by atoms with Gasteiger partial charge in [-0.1, -0.05) is 37.3 Å². The van der Waals surface area contributed by atoms with Crippen molar-refractivity contribution in [3.8, 4) is 0 Å². The van der Waals surface area contributed by atoms with Crippen LogP contribution in [0.5, 0.6) is 0 Å². The van der Waals surface area contributed by atoms with Crippen molar-refractivity contribution in [1.29, 1.82) is 0 Å². The molecule has 134 valence electrons. The minimum absolute atomic E-state index is 0.567. The monoisotopic (exact) mass is 339 g/mol. The second kappa shape index (κ2) is 7.67. The van der Waals surface area contributed by atoms with Gasteiger partial charge in [0, 0.05) is 45.1 Å². The Morgan fingerprint density at radius 1 is 1.00 bits per heavy atom. The van der Waals surface area contributed by atoms with E-state index in [2.05, 4.69) is 61.8 Å². The van der Waals surface area contributed by atoms with Crippen LogP contribution in [0, 0.1) is 0 Å². The Hall–Kier alpha value is -1.72. The lowest BCUT2D eigenvalue weighted by atomic mass is 10.1. The number of rotatable bonds is 5. The Morgan fingerprint density at radius 3 is 2.68 bits per heavy atom. The van der Waals surface area contributed by atoms with Crippen LogP contribution in [0.15, 0.2) is 30.3 Å². The Morgan fingerprint density at radius 2 is 1.88 bits per heavy atom. The molecule has 4 rings (SSSR count). The van der Waals surface area contributed by atoms with E-state index in [1.807, 2.05) is 0 Å². The number of hydrogen-bond donors (Lipinski definition) is 0. The minimum Gasteiger partial charge on any atom is -0.313 e. The second-order valence-corrected chi connectivity index (χ2v) is 7.33. The molecule has 1 aromatic carbocycles. The van der Waals surface area contributed by atoms with E-state index in [-0.39, 0.29) is 0 Å². The molecule has 0 N–H and O–H groups in total. The lowest BCUT2D eigenvalue weighted by Crippen LogP contribution is -2.29. The summed E-state index contributed by atoms with van der Waals surface area (Å²) in [5, 5.41) is 9.11. The molecule has 1 aromatic heterocycles. The van der Waals surface area contributed by atoms with Gasteiger partial charge in [0.25, 0.3) is 0 Å². The van der Waals surface area contributed by atoms with Gasteiger partial charge in [-0.2, -0.15) is 0 Å². The molecule has 0 radical (unpaired) electrons. The Labute approximate surface area is 150 Å². The van der Waals surface area contributed by atoms with Gasteiger partial charge in [0.1, 0.15) is 11.6 Å². The summed E-state index contributed by atoms with van der Waals surface area (Å²) in [5.41, 5.74) is 1.43. The summed E-state index contributed by atoms with van der Waals surface area (Å²) in [6.07, 6.45) is 3.37. The lowest BCUT2D eigenvalue weighted by Gasteiger charge is -2.20. The van der Waals surface area contributed by atoms with E-state index in [4.69, 9.17) is 0 Å². The molecular formula is C20H29N5. The molecule has 0 saturated carbocycles. The quantitative estimate of drug-likeness (QED) is 0.837. The highest BCUT2D eigenvalue weighted by Gasteiger charge is 2.29. The van der Waals surface area contributed by atoms with Crippen LogP contribution in [-0.4, -0.2) is 63.8 Å². The molecule has 0 amide bonds. The first-order valence-corrected chi connectivity index (χ1v) is 9.74. The van der Waals surface area contributed by atoms with Crippen molar-refractivity contribution >= 4 is 0 Å². The van der Waals surface area contributed by atoms with E-state index in [9.17, 15) is 0 Å². The lowest BCUT2D eigenvalue weighted by molar-refractivity contribution is 0.281. The van der Waals surface area contributed by atoms with Crippen molar-refractivity contribution in [3.05, 3.63) is 47.5 Å². The number of benzene rings is 1. The Bertz CT molecular complexity index is 681. The zero-order valence-electron chi connectivity index (χ0n) is 15.3. The summed E-state index contributed by atoms with van der Waals surface area (Å²) in [5.74, 6) is 2.99. The SMILES string of the molecule is CCN1CCC(c2nnc3n2CCN(CCc2ccccc2)CC3)C1. The van der Waals surface area contributed by atoms with Crippen molar-refractivity contribution in [2.45, 2.75) is 38.6 Å². The zero-order valence-corrected chi connectivity index (χ0v) is 15.3. The summed E-state index contributed by atoms with van der Waals surface area (Å²) >= 11 is 0. The van der Waals surface area contributed by atoms with Crippen LogP contribution in [0.2, 0.25) is 0 Å². The molecule has 25 heavy (non-hydrogen) atoms. The van der Waals surface area contributed by atoms with Gasteiger partial charge in [0.15, 0.2) is 0 Å². The third-order valence-electron chi connectivity index (χ3n) is 5.79. The summed E-state index contributed by atoms with van der Waals surface area (Å²) in [7, 11) is 0. The fourth-order valence-electron chi connectivity index (χ4n) is 4.18. The van der Waals surface area contributed by atoms with Crippen LogP contribution in [0.1, 0.15) is 36.5 Å². The van der Waals surface area contributed by atoms with Crippen molar-refractivity contribution in [3.63, 3.8) is 0 Å². The molecular weight excluding hydrogens is 310 g/mol. The summed E-state index contributed by atoms with van der Waals surface area (Å²) < 4.78 is 2.42. The van der Waals surface area contributed by atoms with Gasteiger partial charge >= 0.3 is 0 Å². The first kappa shape index (κ1) is 16.7. The molecule has 0 bridgehead atoms. The molecule has 2 aliphatic heterocycles. The molecule has 5 heteroatoms. The highest BCUT2D eigenvalue weighted by molar-refractivity contribution is 5.15. The molecule has 1 saturated heterocycles. The molecule has 0 spiro atoms. The summed E-state index contributed by atoms with van der Waals surface area (Å²) in [6, 6.07) is 10.8. The molecule has 2 aliphatic rings. The number of likely N-dealkylation sites (N-methyl/N-ethyl adjacent to an activating group) is 1. The highest BCUT2D eigenvalue weighted by atomic mass is 15.3. The van der Waals surface area contributed by atoms with Gasteiger partial charge in [0.05, 0.1) is 0 Å². The van der Waals surface area contributed by atoms with Crippen LogP contribution < -0.4 is 0 Å². The topological polar surface area (TPSA) is 37.2 Å². The standard InChI is InChI=1S/C20H29N5/c1-2-23-12-9-18(16-23)20-22-21-19-10-13-24(14-15-25(19)20)11-8-17-6-4-3-5-7-17/h3-7,18H,2,8-16H2,1H3. The van der Waals surface area contributed by atoms with Gasteiger partial charge in [-0.15, -0.1) is 10.2 Å². The minimum atomic E-state index is 0.567. The van der Waals surface area contributed by atoms with Gasteiger partial charge in [-0.05, 0) is 31.5 Å². The van der Waals surface area contributed by atoms with E-state index >= 15 is 0 Å². The smallest absolute Gasteiger partial charge is 0.137 e. The van der Waals surface area contributed by atoms with E-state index in [1.165, 1.54) is 30.2 Å². The number of nitrogens with zero attached hydrogens (tertiary/aromatic N) is 5. The summed E-state index contributed by atoms with van der Waals surface area (Å²) in [4.78, 5) is 5.10. The van der Waals surface area contributed by atoms with Gasteiger partial charge in [0.2, 0.25) is 0 Å². The largest absolute Gasteiger partial charge is 0.313 e. The average molecular weight is 339 g/mol. The third-order valence-corrected chi connectivity index (χ3v) is 5.79. The van der Waals surface area contributed by atoms with Crippen molar-refractivity contribution in [2.24, 2.45) is 0 Å². The number of likely N-dealkylation sites (tertiary alicyclic amines) is 1. The number of fused-ring (bicyclic) bond motifs is 1. The van der Waals surface area contributed by atoms with Crippen LogP contribution in [0.4, 0.5) is 0 Å². The van der Waals surface area contributed by atoms with Crippen LogP contribution in [0.3, 0.4) is 0 Å². The van der Waals surface area contributed by atoms with Gasteiger partial charge in [-0.3, -0.25) is 0 Å². The maximum absolute atomic E-state index is 4.58. The van der Waals surface area contributed by atoms with E-state index in [0.29, 0.717) is 5.92 Å². The molecule has 1 fully saturated rings. The van der Waals surface area contributed by atoms with E-state index in [1.54, 1.807) is 0 Å². The van der Waals surface area contributed by atoms with Crippen LogP contribution >= 0.6 is 0 Å². The molecule has 3 heterocycles. The zero-order chi connectivity index (χ0) is 17.1. The molecule has 5 nitrogen and oxygen atoms in total. The third kappa shape index (κ3) is 3.77. The Kier molecular flexibility index (Phi) is 5.13. The first-order valence-electron chi connectivity index (χ1n) is 9.74. The second-order valence-electron chi connectivity index (χ2n) is 7.33. The normalized spacial score (nSPS) is 22.0. The molecule has 0 aliphatic carbocycles.